The normalized spacial score (nSPS) is 10.9. The molecular weight excluding hydrogens is 204 g/mol. The van der Waals surface area contributed by atoms with Gasteiger partial charge in [-0.3, -0.25) is 0 Å². The first kappa shape index (κ1) is 11.7. The van der Waals surface area contributed by atoms with Crippen molar-refractivity contribution < 1.29 is 0 Å². The summed E-state index contributed by atoms with van der Waals surface area (Å²) in [6, 6.07) is 19.0. The zero-order valence-corrected chi connectivity index (χ0v) is 10.3. The van der Waals surface area contributed by atoms with Crippen molar-refractivity contribution >= 4 is 12.2 Å². The summed E-state index contributed by atoms with van der Waals surface area (Å²) in [4.78, 5) is 0. The standard InChI is InChI=1S/C17H18/c1-2-8-16-11-6-7-12-17(16)14-13-15-9-4-3-5-10-15/h3-7,9-14H,2,8H2,1H3. The van der Waals surface area contributed by atoms with Crippen LogP contribution in [-0.2, 0) is 6.42 Å². The highest BCUT2D eigenvalue weighted by Crippen LogP contribution is 2.14. The Bertz CT molecular complexity index is 480. The predicted molar refractivity (Wildman–Crippen MR) is 75.8 cm³/mol. The lowest BCUT2D eigenvalue weighted by Gasteiger charge is -2.03. The van der Waals surface area contributed by atoms with Gasteiger partial charge in [-0.15, -0.1) is 0 Å². The summed E-state index contributed by atoms with van der Waals surface area (Å²) in [5.41, 5.74) is 4.01. The predicted octanol–water partition coefficient (Wildman–Crippen LogP) is 4.81. The average molecular weight is 222 g/mol. The van der Waals surface area contributed by atoms with Gasteiger partial charge in [0.05, 0.1) is 0 Å². The summed E-state index contributed by atoms with van der Waals surface area (Å²) in [5.74, 6) is 0. The zero-order chi connectivity index (χ0) is 11.9. The first-order valence-corrected chi connectivity index (χ1v) is 6.21. The first-order chi connectivity index (χ1) is 8.40. The molecule has 0 heteroatoms. The van der Waals surface area contributed by atoms with E-state index in [2.05, 4.69) is 67.6 Å². The highest BCUT2D eigenvalue weighted by Gasteiger charge is 1.96. The van der Waals surface area contributed by atoms with Crippen molar-refractivity contribution in [3.63, 3.8) is 0 Å². The molecule has 0 atom stereocenters. The maximum atomic E-state index is 2.22. The minimum atomic E-state index is 1.15. The topological polar surface area (TPSA) is 0 Å². The van der Waals surface area contributed by atoms with Crippen molar-refractivity contribution in [1.82, 2.24) is 0 Å². The summed E-state index contributed by atoms with van der Waals surface area (Å²) >= 11 is 0. The van der Waals surface area contributed by atoms with Gasteiger partial charge in [0.25, 0.3) is 0 Å². The summed E-state index contributed by atoms with van der Waals surface area (Å²) in [6.45, 7) is 2.22. The molecule has 0 unspecified atom stereocenters. The Balaban J connectivity index is 2.21. The number of aryl methyl sites for hydroxylation is 1. The molecule has 0 spiro atoms. The minimum Gasteiger partial charge on any atom is -0.0651 e. The van der Waals surface area contributed by atoms with Gasteiger partial charge in [0.15, 0.2) is 0 Å². The molecule has 0 fully saturated rings. The van der Waals surface area contributed by atoms with E-state index in [0.29, 0.717) is 0 Å². The number of rotatable bonds is 4. The van der Waals surface area contributed by atoms with Crippen LogP contribution in [0.15, 0.2) is 54.6 Å². The maximum absolute atomic E-state index is 2.22. The van der Waals surface area contributed by atoms with Crippen LogP contribution in [0, 0.1) is 0 Å². The molecule has 0 heterocycles. The molecule has 0 aliphatic carbocycles. The zero-order valence-electron chi connectivity index (χ0n) is 10.3. The third kappa shape index (κ3) is 3.32. The van der Waals surface area contributed by atoms with E-state index in [1.54, 1.807) is 0 Å². The molecule has 0 radical (unpaired) electrons. The quantitative estimate of drug-likeness (QED) is 0.651. The molecule has 2 aromatic rings. The van der Waals surface area contributed by atoms with Crippen LogP contribution in [0.2, 0.25) is 0 Å². The largest absolute Gasteiger partial charge is 0.0651 e. The molecule has 2 rings (SSSR count). The van der Waals surface area contributed by atoms with Crippen LogP contribution >= 0.6 is 0 Å². The van der Waals surface area contributed by atoms with Gasteiger partial charge >= 0.3 is 0 Å². The summed E-state index contributed by atoms with van der Waals surface area (Å²) in [6.07, 6.45) is 6.72. The van der Waals surface area contributed by atoms with E-state index in [-0.39, 0.29) is 0 Å². The van der Waals surface area contributed by atoms with Gasteiger partial charge in [-0.25, -0.2) is 0 Å². The fourth-order valence-electron chi connectivity index (χ4n) is 1.94. The molecule has 0 nitrogen and oxygen atoms in total. The monoisotopic (exact) mass is 222 g/mol. The smallest absolute Gasteiger partial charge is 0.0224 e. The van der Waals surface area contributed by atoms with Crippen LogP contribution < -0.4 is 0 Å². The number of benzene rings is 2. The van der Waals surface area contributed by atoms with Crippen molar-refractivity contribution in [2.75, 3.05) is 0 Å². The van der Waals surface area contributed by atoms with E-state index in [1.807, 2.05) is 6.07 Å². The van der Waals surface area contributed by atoms with Gasteiger partial charge < -0.3 is 0 Å². The second-order valence-electron chi connectivity index (χ2n) is 4.19. The fraction of sp³-hybridized carbons (Fsp3) is 0.176. The molecule has 0 bridgehead atoms. The Hall–Kier alpha value is -1.82. The molecule has 0 N–H and O–H groups in total. The Morgan fingerprint density at radius 1 is 0.824 bits per heavy atom. The third-order valence-electron chi connectivity index (χ3n) is 2.83. The average Bonchev–Trinajstić information content (AvgIpc) is 2.39. The van der Waals surface area contributed by atoms with Crippen molar-refractivity contribution in [2.45, 2.75) is 19.8 Å². The van der Waals surface area contributed by atoms with Crippen LogP contribution in [0.3, 0.4) is 0 Å². The van der Waals surface area contributed by atoms with E-state index in [1.165, 1.54) is 23.1 Å². The van der Waals surface area contributed by atoms with E-state index in [9.17, 15) is 0 Å². The molecule has 86 valence electrons. The van der Waals surface area contributed by atoms with E-state index in [0.717, 1.165) is 6.42 Å². The lowest BCUT2D eigenvalue weighted by Crippen LogP contribution is -1.87. The van der Waals surface area contributed by atoms with Crippen LogP contribution in [0.5, 0.6) is 0 Å². The van der Waals surface area contributed by atoms with E-state index in [4.69, 9.17) is 0 Å². The van der Waals surface area contributed by atoms with E-state index < -0.39 is 0 Å². The molecular formula is C17H18. The molecule has 2 aromatic carbocycles. The van der Waals surface area contributed by atoms with Crippen LogP contribution in [-0.4, -0.2) is 0 Å². The second kappa shape index (κ2) is 6.05. The molecule has 0 saturated carbocycles. The molecule has 0 aliphatic rings. The van der Waals surface area contributed by atoms with Crippen molar-refractivity contribution in [2.24, 2.45) is 0 Å². The van der Waals surface area contributed by atoms with Crippen molar-refractivity contribution in [3.05, 3.63) is 71.3 Å². The highest BCUT2D eigenvalue weighted by molar-refractivity contribution is 5.71. The Morgan fingerprint density at radius 2 is 1.53 bits per heavy atom. The van der Waals surface area contributed by atoms with Gasteiger partial charge in [-0.05, 0) is 23.1 Å². The Kier molecular flexibility index (Phi) is 4.15. The molecule has 17 heavy (non-hydrogen) atoms. The Labute approximate surface area is 104 Å². The van der Waals surface area contributed by atoms with Crippen molar-refractivity contribution in [3.8, 4) is 0 Å². The summed E-state index contributed by atoms with van der Waals surface area (Å²) in [5, 5.41) is 0. The molecule has 0 aliphatic heterocycles. The maximum Gasteiger partial charge on any atom is -0.0224 e. The molecule has 0 amide bonds. The number of hydrogen-bond acceptors (Lipinski definition) is 0. The fourth-order valence-corrected chi connectivity index (χ4v) is 1.94. The minimum absolute atomic E-state index is 1.15. The van der Waals surface area contributed by atoms with Gasteiger partial charge in [0, 0.05) is 0 Å². The van der Waals surface area contributed by atoms with Crippen molar-refractivity contribution in [1.29, 1.82) is 0 Å². The number of hydrogen-bond donors (Lipinski definition) is 0. The van der Waals surface area contributed by atoms with Crippen LogP contribution in [0.4, 0.5) is 0 Å². The lowest BCUT2D eigenvalue weighted by molar-refractivity contribution is 0.920. The lowest BCUT2D eigenvalue weighted by atomic mass is 10.0. The SMILES string of the molecule is CCCc1ccccc1C=Cc1ccccc1. The second-order valence-corrected chi connectivity index (χ2v) is 4.19. The summed E-state index contributed by atoms with van der Waals surface area (Å²) in [7, 11) is 0. The summed E-state index contributed by atoms with van der Waals surface area (Å²) < 4.78 is 0. The van der Waals surface area contributed by atoms with Crippen LogP contribution in [0.1, 0.15) is 30.0 Å². The molecule has 0 saturated heterocycles. The third-order valence-corrected chi connectivity index (χ3v) is 2.83. The molecule has 0 aromatic heterocycles. The van der Waals surface area contributed by atoms with Gasteiger partial charge in [-0.2, -0.15) is 0 Å². The first-order valence-electron chi connectivity index (χ1n) is 6.21. The van der Waals surface area contributed by atoms with E-state index >= 15 is 0 Å². The van der Waals surface area contributed by atoms with Gasteiger partial charge in [0.2, 0.25) is 0 Å². The van der Waals surface area contributed by atoms with Gasteiger partial charge in [0.1, 0.15) is 0 Å². The Morgan fingerprint density at radius 3 is 2.29 bits per heavy atom. The van der Waals surface area contributed by atoms with Gasteiger partial charge in [-0.1, -0.05) is 80.1 Å². The van der Waals surface area contributed by atoms with Crippen LogP contribution in [0.25, 0.3) is 12.2 Å². The highest BCUT2D eigenvalue weighted by atomic mass is 14.0.